The van der Waals surface area contributed by atoms with E-state index in [1.54, 1.807) is 36.4 Å². The molecule has 5 rings (SSSR count). The van der Waals surface area contributed by atoms with Crippen LogP contribution in [0.1, 0.15) is 48.4 Å². The van der Waals surface area contributed by atoms with Crippen LogP contribution >= 0.6 is 0 Å². The largest absolute Gasteiger partial charge is 0.481 e. The van der Waals surface area contributed by atoms with Crippen LogP contribution in [0.5, 0.6) is 11.5 Å². The number of carbonyl (C=O) groups excluding carboxylic acids is 3. The van der Waals surface area contributed by atoms with Gasteiger partial charge in [-0.05, 0) is 53.8 Å². The fraction of sp³-hybridized carbons (Fsp3) is 0.263. The maximum atomic E-state index is 14.6. The molecule has 0 radical (unpaired) electrons. The number of nitro benzene ring substituents is 1. The van der Waals surface area contributed by atoms with Gasteiger partial charge in [0.2, 0.25) is 17.7 Å². The first-order valence-electron chi connectivity index (χ1n) is 16.4. The van der Waals surface area contributed by atoms with E-state index in [9.17, 15) is 29.3 Å². The molecule has 3 atom stereocenters. The van der Waals surface area contributed by atoms with Crippen LogP contribution in [0.25, 0.3) is 0 Å². The van der Waals surface area contributed by atoms with Crippen molar-refractivity contribution in [3.05, 3.63) is 136 Å². The first-order chi connectivity index (χ1) is 24.2. The number of amides is 3. The lowest BCUT2D eigenvalue weighted by atomic mass is 9.92. The number of unbranched alkanes of at least 4 members (excludes halogenated alkanes) is 2. The molecule has 1 aliphatic heterocycles. The molecule has 3 N–H and O–H groups in total. The van der Waals surface area contributed by atoms with Crippen molar-refractivity contribution in [2.24, 2.45) is 0 Å². The van der Waals surface area contributed by atoms with Gasteiger partial charge in [-0.3, -0.25) is 29.3 Å². The number of nitrogens with zero attached hydrogens (tertiary/aromatic N) is 2. The van der Waals surface area contributed by atoms with Gasteiger partial charge in [-0.2, -0.15) is 0 Å². The number of hydrogen-bond donors (Lipinski definition) is 3. The van der Waals surface area contributed by atoms with Crippen molar-refractivity contribution < 1.29 is 33.9 Å². The zero-order chi connectivity index (χ0) is 35.5. The Labute approximate surface area is 289 Å². The number of carbonyl (C=O) groups is 4. The van der Waals surface area contributed by atoms with Crippen molar-refractivity contribution in [2.45, 2.75) is 56.7 Å². The third-order valence-electron chi connectivity index (χ3n) is 8.41. The number of carboxylic acids is 1. The number of nitrogens with one attached hydrogen (secondary N) is 2. The number of nitro groups is 1. The van der Waals surface area contributed by atoms with Gasteiger partial charge >= 0.3 is 5.97 Å². The SMILES string of the molecule is O=C(O)CCCCCNC(=O)C(c1cccc(Oc2ccccc2)c1)N1C(=O)C(Cc2ccc([N+](=O)[O-])cc2)NC(=O)C1Cc1ccccc1. The van der Waals surface area contributed by atoms with Gasteiger partial charge in [-0.1, -0.05) is 79.2 Å². The highest BCUT2D eigenvalue weighted by Gasteiger charge is 2.46. The third kappa shape index (κ3) is 9.31. The van der Waals surface area contributed by atoms with E-state index in [0.717, 1.165) is 5.56 Å². The molecule has 1 aliphatic rings. The molecule has 3 unspecified atom stereocenters. The molecule has 1 saturated heterocycles. The number of non-ortho nitro benzene ring substituents is 1. The number of piperazine rings is 1. The Kier molecular flexibility index (Phi) is 11.9. The Morgan fingerprint density at radius 3 is 2.18 bits per heavy atom. The van der Waals surface area contributed by atoms with Crippen molar-refractivity contribution in [3.8, 4) is 11.5 Å². The summed E-state index contributed by atoms with van der Waals surface area (Å²) in [7, 11) is 0. The van der Waals surface area contributed by atoms with Gasteiger partial charge in [0.05, 0.1) is 4.92 Å². The summed E-state index contributed by atoms with van der Waals surface area (Å²) in [4.78, 5) is 65.7. The molecule has 3 amide bonds. The molecule has 0 aromatic heterocycles. The summed E-state index contributed by atoms with van der Waals surface area (Å²) >= 11 is 0. The molecule has 4 aromatic rings. The molecule has 50 heavy (non-hydrogen) atoms. The van der Waals surface area contributed by atoms with Gasteiger partial charge in [-0.25, -0.2) is 0 Å². The summed E-state index contributed by atoms with van der Waals surface area (Å²) < 4.78 is 6.07. The molecule has 4 aromatic carbocycles. The molecule has 1 heterocycles. The molecule has 0 saturated carbocycles. The summed E-state index contributed by atoms with van der Waals surface area (Å²) in [6, 6.07) is 27.6. The zero-order valence-corrected chi connectivity index (χ0v) is 27.3. The first-order valence-corrected chi connectivity index (χ1v) is 16.4. The Balaban J connectivity index is 1.50. The minimum Gasteiger partial charge on any atom is -0.481 e. The van der Waals surface area contributed by atoms with E-state index in [4.69, 9.17) is 9.84 Å². The van der Waals surface area contributed by atoms with E-state index in [1.165, 1.54) is 29.2 Å². The third-order valence-corrected chi connectivity index (χ3v) is 8.41. The maximum absolute atomic E-state index is 14.6. The summed E-state index contributed by atoms with van der Waals surface area (Å²) in [5, 5.41) is 25.9. The number of ether oxygens (including phenoxy) is 1. The molecule has 258 valence electrons. The van der Waals surface area contributed by atoms with Gasteiger partial charge in [0, 0.05) is 37.9 Å². The normalized spacial score (nSPS) is 16.3. The predicted octanol–water partition coefficient (Wildman–Crippen LogP) is 5.37. The van der Waals surface area contributed by atoms with Gasteiger partial charge < -0.3 is 25.4 Å². The van der Waals surface area contributed by atoms with Gasteiger partial charge in [-0.15, -0.1) is 0 Å². The monoisotopic (exact) mass is 678 g/mol. The quantitative estimate of drug-likeness (QED) is 0.0808. The predicted molar refractivity (Wildman–Crippen MR) is 184 cm³/mol. The second kappa shape index (κ2) is 16.9. The Morgan fingerprint density at radius 1 is 0.840 bits per heavy atom. The summed E-state index contributed by atoms with van der Waals surface area (Å²) in [5.41, 5.74) is 1.71. The summed E-state index contributed by atoms with van der Waals surface area (Å²) in [6.07, 6.45) is 1.78. The van der Waals surface area contributed by atoms with E-state index in [1.807, 2.05) is 48.5 Å². The van der Waals surface area contributed by atoms with Crippen molar-refractivity contribution in [1.29, 1.82) is 0 Å². The highest BCUT2D eigenvalue weighted by molar-refractivity contribution is 6.00. The second-order valence-corrected chi connectivity index (χ2v) is 12.0. The maximum Gasteiger partial charge on any atom is 0.303 e. The molecule has 0 spiro atoms. The average molecular weight is 679 g/mol. The van der Waals surface area contributed by atoms with Crippen LogP contribution in [0, 0.1) is 10.1 Å². The number of hydrogen-bond acceptors (Lipinski definition) is 7. The number of aliphatic carboxylic acids is 1. The Bertz CT molecular complexity index is 1800. The zero-order valence-electron chi connectivity index (χ0n) is 27.3. The van der Waals surface area contributed by atoms with Crippen LogP contribution in [-0.4, -0.2) is 57.2 Å². The lowest BCUT2D eigenvalue weighted by Gasteiger charge is -2.43. The van der Waals surface area contributed by atoms with Crippen molar-refractivity contribution in [3.63, 3.8) is 0 Å². The summed E-state index contributed by atoms with van der Waals surface area (Å²) in [5.74, 6) is -1.32. The van der Waals surface area contributed by atoms with Crippen molar-refractivity contribution in [2.75, 3.05) is 6.54 Å². The lowest BCUT2D eigenvalue weighted by molar-refractivity contribution is -0.384. The standard InChI is InChI=1S/C38H38N4O8/c43-34(44)17-8-3-9-22-39-37(46)35(28-13-10-16-31(25-28)50-30-14-6-2-7-15-30)41-33(24-26-11-4-1-5-12-26)36(45)40-32(38(41)47)23-27-18-20-29(21-19-27)42(48)49/h1-2,4-7,10-16,18-21,25,32-33,35H,3,8-9,17,22-24H2,(H,39,46)(H,40,45)(H,43,44). The van der Waals surface area contributed by atoms with Crippen LogP contribution < -0.4 is 15.4 Å². The molecular formula is C38H38N4O8. The van der Waals surface area contributed by atoms with Crippen LogP contribution in [-0.2, 0) is 32.0 Å². The second-order valence-electron chi connectivity index (χ2n) is 12.0. The van der Waals surface area contributed by atoms with Gasteiger partial charge in [0.1, 0.15) is 29.6 Å². The number of rotatable bonds is 16. The number of benzene rings is 4. The minimum atomic E-state index is -1.24. The molecule has 12 heteroatoms. The van der Waals surface area contributed by atoms with E-state index < -0.39 is 46.7 Å². The molecule has 0 bridgehead atoms. The molecule has 1 fully saturated rings. The van der Waals surface area contributed by atoms with Gasteiger partial charge in [0.15, 0.2) is 0 Å². The fourth-order valence-electron chi connectivity index (χ4n) is 5.95. The van der Waals surface area contributed by atoms with Crippen LogP contribution in [0.3, 0.4) is 0 Å². The lowest BCUT2D eigenvalue weighted by Crippen LogP contribution is -2.66. The van der Waals surface area contributed by atoms with Crippen LogP contribution in [0.2, 0.25) is 0 Å². The number of para-hydroxylation sites is 1. The van der Waals surface area contributed by atoms with E-state index in [0.29, 0.717) is 41.9 Å². The average Bonchev–Trinajstić information content (AvgIpc) is 3.11. The molecular weight excluding hydrogens is 640 g/mol. The topological polar surface area (TPSA) is 168 Å². The molecule has 12 nitrogen and oxygen atoms in total. The molecule has 0 aliphatic carbocycles. The van der Waals surface area contributed by atoms with E-state index in [-0.39, 0.29) is 31.5 Å². The van der Waals surface area contributed by atoms with Crippen molar-refractivity contribution >= 4 is 29.4 Å². The fourth-order valence-corrected chi connectivity index (χ4v) is 5.95. The summed E-state index contributed by atoms with van der Waals surface area (Å²) in [6.45, 7) is 0.235. The first kappa shape index (κ1) is 35.3. The smallest absolute Gasteiger partial charge is 0.303 e. The number of carboxylic acid groups (broad SMARTS) is 1. The van der Waals surface area contributed by atoms with E-state index >= 15 is 0 Å². The minimum absolute atomic E-state index is 0.0273. The Hall–Kier alpha value is -6.04. The van der Waals surface area contributed by atoms with Crippen molar-refractivity contribution in [1.82, 2.24) is 15.5 Å². The highest BCUT2D eigenvalue weighted by Crippen LogP contribution is 2.32. The van der Waals surface area contributed by atoms with Gasteiger partial charge in [0.25, 0.3) is 5.69 Å². The van der Waals surface area contributed by atoms with Crippen LogP contribution in [0.15, 0.2) is 109 Å². The highest BCUT2D eigenvalue weighted by atomic mass is 16.6. The van der Waals surface area contributed by atoms with Crippen LogP contribution in [0.4, 0.5) is 5.69 Å². The van der Waals surface area contributed by atoms with E-state index in [2.05, 4.69) is 10.6 Å². The Morgan fingerprint density at radius 2 is 1.50 bits per heavy atom.